The average molecular weight is 267 g/mol. The van der Waals surface area contributed by atoms with Gasteiger partial charge < -0.3 is 15.8 Å². The second kappa shape index (κ2) is 5.14. The van der Waals surface area contributed by atoms with Crippen LogP contribution in [-0.4, -0.2) is 7.11 Å². The van der Waals surface area contributed by atoms with Gasteiger partial charge in [-0.2, -0.15) is 0 Å². The Labute approximate surface area is 109 Å². The highest BCUT2D eigenvalue weighted by Gasteiger charge is 2.08. The minimum Gasteiger partial charge on any atom is -0.497 e. The second-order valence-corrected chi connectivity index (χ2v) is 4.12. The predicted octanol–water partition coefficient (Wildman–Crippen LogP) is 3.81. The zero-order valence-corrected chi connectivity index (χ0v) is 10.5. The number of nitrogens with two attached hydrogens (primary N) is 1. The van der Waals surface area contributed by atoms with Crippen LogP contribution in [0.25, 0.3) is 0 Å². The van der Waals surface area contributed by atoms with Crippen LogP contribution in [-0.2, 0) is 0 Å². The number of ether oxygens (including phenoxy) is 1. The highest BCUT2D eigenvalue weighted by Crippen LogP contribution is 2.30. The third kappa shape index (κ3) is 2.65. The van der Waals surface area contributed by atoms with E-state index in [0.717, 1.165) is 0 Å². The van der Waals surface area contributed by atoms with Crippen LogP contribution in [0.1, 0.15) is 0 Å². The van der Waals surface area contributed by atoms with Crippen LogP contribution < -0.4 is 15.8 Å². The molecule has 0 saturated carbocycles. The van der Waals surface area contributed by atoms with Crippen molar-refractivity contribution in [1.29, 1.82) is 0 Å². The lowest BCUT2D eigenvalue weighted by Gasteiger charge is -2.11. The van der Waals surface area contributed by atoms with E-state index in [0.29, 0.717) is 22.1 Å². The molecule has 0 bridgehead atoms. The van der Waals surface area contributed by atoms with Crippen molar-refractivity contribution in [2.75, 3.05) is 18.2 Å². The van der Waals surface area contributed by atoms with Crippen molar-refractivity contribution >= 4 is 28.7 Å². The minimum absolute atomic E-state index is 0.215. The fourth-order valence-electron chi connectivity index (χ4n) is 1.57. The molecule has 94 valence electrons. The van der Waals surface area contributed by atoms with Crippen LogP contribution in [0.3, 0.4) is 0 Å². The summed E-state index contributed by atoms with van der Waals surface area (Å²) in [7, 11) is 1.54. The molecule has 5 heteroatoms. The molecular formula is C13H12ClFN2O. The van der Waals surface area contributed by atoms with E-state index >= 15 is 0 Å². The molecule has 0 radical (unpaired) electrons. The van der Waals surface area contributed by atoms with Crippen molar-refractivity contribution in [3.05, 3.63) is 47.2 Å². The van der Waals surface area contributed by atoms with E-state index in [4.69, 9.17) is 22.1 Å². The molecule has 0 atom stereocenters. The number of halogens is 2. The Bertz CT molecular complexity index is 555. The molecule has 3 nitrogen and oxygen atoms in total. The third-order valence-corrected chi connectivity index (χ3v) is 2.71. The van der Waals surface area contributed by atoms with E-state index in [1.54, 1.807) is 30.3 Å². The van der Waals surface area contributed by atoms with Crippen LogP contribution in [0.4, 0.5) is 21.5 Å². The second-order valence-electron chi connectivity index (χ2n) is 3.72. The van der Waals surface area contributed by atoms with Crippen molar-refractivity contribution in [3.63, 3.8) is 0 Å². The van der Waals surface area contributed by atoms with Gasteiger partial charge >= 0.3 is 0 Å². The van der Waals surface area contributed by atoms with Gasteiger partial charge in [-0.3, -0.25) is 0 Å². The maximum atomic E-state index is 13.6. The van der Waals surface area contributed by atoms with Gasteiger partial charge in [-0.15, -0.1) is 0 Å². The Morgan fingerprint density at radius 1 is 1.28 bits per heavy atom. The summed E-state index contributed by atoms with van der Waals surface area (Å²) >= 11 is 5.93. The monoisotopic (exact) mass is 266 g/mol. The lowest BCUT2D eigenvalue weighted by Crippen LogP contribution is -1.97. The molecule has 0 amide bonds. The number of nitrogen functional groups attached to an aromatic ring is 1. The zero-order chi connectivity index (χ0) is 13.1. The highest BCUT2D eigenvalue weighted by molar-refractivity contribution is 6.33. The molecule has 2 rings (SSSR count). The maximum absolute atomic E-state index is 13.6. The van der Waals surface area contributed by atoms with Crippen LogP contribution in [0, 0.1) is 5.82 Å². The van der Waals surface area contributed by atoms with E-state index in [1.165, 1.54) is 13.2 Å². The average Bonchev–Trinajstić information content (AvgIpc) is 2.33. The van der Waals surface area contributed by atoms with Gasteiger partial charge in [0.15, 0.2) is 0 Å². The topological polar surface area (TPSA) is 47.3 Å². The number of methoxy groups -OCH3 is 1. The van der Waals surface area contributed by atoms with Crippen LogP contribution in [0.15, 0.2) is 36.4 Å². The van der Waals surface area contributed by atoms with Gasteiger partial charge in [-0.1, -0.05) is 17.7 Å². The molecule has 0 saturated heterocycles. The third-order valence-electron chi connectivity index (χ3n) is 2.40. The normalized spacial score (nSPS) is 10.2. The minimum atomic E-state index is -0.427. The summed E-state index contributed by atoms with van der Waals surface area (Å²) in [6.07, 6.45) is 0. The maximum Gasteiger partial charge on any atom is 0.148 e. The van der Waals surface area contributed by atoms with Crippen molar-refractivity contribution in [2.24, 2.45) is 0 Å². The predicted molar refractivity (Wildman–Crippen MR) is 72.1 cm³/mol. The van der Waals surface area contributed by atoms with Gasteiger partial charge in [-0.05, 0) is 18.2 Å². The van der Waals surface area contributed by atoms with Gasteiger partial charge in [-0.25, -0.2) is 4.39 Å². The van der Waals surface area contributed by atoms with Gasteiger partial charge in [0, 0.05) is 23.5 Å². The standard InChI is InChI=1S/C13H12ClFN2O/c1-18-10-6-8(16)5-9(7-10)17-13-11(14)3-2-4-12(13)15/h2-7,17H,16H2,1H3. The van der Waals surface area contributed by atoms with Crippen molar-refractivity contribution in [1.82, 2.24) is 0 Å². The summed E-state index contributed by atoms with van der Waals surface area (Å²) in [4.78, 5) is 0. The molecule has 2 aromatic rings. The number of benzene rings is 2. The molecule has 0 unspecified atom stereocenters. The quantitative estimate of drug-likeness (QED) is 0.831. The smallest absolute Gasteiger partial charge is 0.148 e. The molecule has 0 aromatic heterocycles. The van der Waals surface area contributed by atoms with Gasteiger partial charge in [0.05, 0.1) is 17.8 Å². The van der Waals surface area contributed by atoms with E-state index in [2.05, 4.69) is 5.32 Å². The molecule has 3 N–H and O–H groups in total. The summed E-state index contributed by atoms with van der Waals surface area (Å²) < 4.78 is 18.7. The van der Waals surface area contributed by atoms with E-state index < -0.39 is 5.82 Å². The number of para-hydroxylation sites is 1. The van der Waals surface area contributed by atoms with Gasteiger partial charge in [0.2, 0.25) is 0 Å². The van der Waals surface area contributed by atoms with Crippen molar-refractivity contribution in [3.8, 4) is 5.75 Å². The van der Waals surface area contributed by atoms with Gasteiger partial charge in [0.25, 0.3) is 0 Å². The Kier molecular flexibility index (Phi) is 3.58. The molecule has 0 heterocycles. The summed E-state index contributed by atoms with van der Waals surface area (Å²) in [5.74, 6) is 0.161. The molecule has 2 aromatic carbocycles. The Morgan fingerprint density at radius 2 is 2.06 bits per heavy atom. The fourth-order valence-corrected chi connectivity index (χ4v) is 1.78. The summed E-state index contributed by atoms with van der Waals surface area (Å²) in [5.41, 5.74) is 7.06. The lowest BCUT2D eigenvalue weighted by molar-refractivity contribution is 0.415. The van der Waals surface area contributed by atoms with Crippen molar-refractivity contribution < 1.29 is 9.13 Å². The molecule has 0 spiro atoms. The SMILES string of the molecule is COc1cc(N)cc(Nc2c(F)cccc2Cl)c1. The zero-order valence-electron chi connectivity index (χ0n) is 9.71. The lowest BCUT2D eigenvalue weighted by atomic mass is 10.2. The summed E-state index contributed by atoms with van der Waals surface area (Å²) in [6.45, 7) is 0. The largest absolute Gasteiger partial charge is 0.497 e. The number of nitrogens with one attached hydrogen (secondary N) is 1. The Morgan fingerprint density at radius 3 is 2.72 bits per heavy atom. The first-order valence-corrected chi connectivity index (χ1v) is 5.63. The highest BCUT2D eigenvalue weighted by atomic mass is 35.5. The Balaban J connectivity index is 2.37. The molecular weight excluding hydrogens is 255 g/mol. The van der Waals surface area contributed by atoms with E-state index in [9.17, 15) is 4.39 Å². The summed E-state index contributed by atoms with van der Waals surface area (Å²) in [6, 6.07) is 9.54. The first-order chi connectivity index (χ1) is 8.60. The van der Waals surface area contributed by atoms with E-state index in [1.807, 2.05) is 0 Å². The first-order valence-electron chi connectivity index (χ1n) is 5.26. The van der Waals surface area contributed by atoms with Crippen LogP contribution in [0.2, 0.25) is 5.02 Å². The molecule has 0 aliphatic rings. The number of rotatable bonds is 3. The summed E-state index contributed by atoms with van der Waals surface area (Å²) in [5, 5.41) is 3.19. The van der Waals surface area contributed by atoms with E-state index in [-0.39, 0.29) is 5.69 Å². The number of hydrogen-bond acceptors (Lipinski definition) is 3. The molecule has 0 aliphatic heterocycles. The molecule has 0 fully saturated rings. The van der Waals surface area contributed by atoms with Crippen LogP contribution in [0.5, 0.6) is 5.75 Å². The molecule has 18 heavy (non-hydrogen) atoms. The number of anilines is 3. The van der Waals surface area contributed by atoms with Crippen molar-refractivity contribution in [2.45, 2.75) is 0 Å². The molecule has 0 aliphatic carbocycles. The Hall–Kier alpha value is -1.94. The fraction of sp³-hybridized carbons (Fsp3) is 0.0769. The van der Waals surface area contributed by atoms with Gasteiger partial charge in [0.1, 0.15) is 11.6 Å². The van der Waals surface area contributed by atoms with Crippen LogP contribution >= 0.6 is 11.6 Å². The first kappa shape index (κ1) is 12.5. The number of hydrogen-bond donors (Lipinski definition) is 2.